The Kier molecular flexibility index (Phi) is 4.34. The third-order valence-corrected chi connectivity index (χ3v) is 3.34. The second-order valence-electron chi connectivity index (χ2n) is 3.73. The van der Waals surface area contributed by atoms with Gasteiger partial charge in [0.2, 0.25) is 0 Å². The molecule has 0 spiro atoms. The highest BCUT2D eigenvalue weighted by atomic mass is 35.5. The van der Waals surface area contributed by atoms with E-state index in [4.69, 9.17) is 16.7 Å². The van der Waals surface area contributed by atoms with Gasteiger partial charge in [0, 0.05) is 11.9 Å². The lowest BCUT2D eigenvalue weighted by Crippen LogP contribution is -1.98. The van der Waals surface area contributed by atoms with Gasteiger partial charge < -0.3 is 5.11 Å². The van der Waals surface area contributed by atoms with Crippen LogP contribution >= 0.6 is 23.4 Å². The molecule has 98 valence electrons. The fourth-order valence-corrected chi connectivity index (χ4v) is 2.34. The van der Waals surface area contributed by atoms with Crippen molar-refractivity contribution in [2.45, 2.75) is 17.7 Å². The van der Waals surface area contributed by atoms with Gasteiger partial charge in [-0.15, -0.1) is 0 Å². The number of halogens is 1. The number of carbonyl (C=O) groups is 1. The molecule has 0 saturated heterocycles. The molecule has 0 aliphatic carbocycles. The molecule has 0 atom stereocenters. The van der Waals surface area contributed by atoms with E-state index in [0.717, 1.165) is 5.69 Å². The van der Waals surface area contributed by atoms with E-state index in [0.29, 0.717) is 21.8 Å². The summed E-state index contributed by atoms with van der Waals surface area (Å²) in [5.74, 6) is 0.165. The Morgan fingerprint density at radius 1 is 1.42 bits per heavy atom. The van der Waals surface area contributed by atoms with Crippen LogP contribution in [0.4, 0.5) is 0 Å². The van der Waals surface area contributed by atoms with Crippen molar-refractivity contribution in [1.29, 1.82) is 0 Å². The molecule has 19 heavy (non-hydrogen) atoms. The molecule has 1 N–H and O–H groups in total. The highest BCUT2D eigenvalue weighted by molar-refractivity contribution is 7.98. The average Bonchev–Trinajstić information content (AvgIpc) is 2.36. The maximum absolute atomic E-state index is 10.7. The minimum Gasteiger partial charge on any atom is -0.478 e. The van der Waals surface area contributed by atoms with E-state index < -0.39 is 5.97 Å². The van der Waals surface area contributed by atoms with Crippen molar-refractivity contribution in [2.24, 2.45) is 0 Å². The van der Waals surface area contributed by atoms with Crippen molar-refractivity contribution in [3.63, 3.8) is 0 Å². The molecule has 0 unspecified atom stereocenters. The van der Waals surface area contributed by atoms with Gasteiger partial charge in [0.15, 0.2) is 0 Å². The van der Waals surface area contributed by atoms with Crippen molar-refractivity contribution in [3.8, 4) is 0 Å². The van der Waals surface area contributed by atoms with E-state index in [1.54, 1.807) is 12.1 Å². The molecule has 2 aromatic heterocycles. The van der Waals surface area contributed by atoms with Gasteiger partial charge in [-0.2, -0.15) is 0 Å². The lowest BCUT2D eigenvalue weighted by atomic mass is 10.3. The summed E-state index contributed by atoms with van der Waals surface area (Å²) in [4.78, 5) is 23.1. The summed E-state index contributed by atoms with van der Waals surface area (Å²) in [5, 5.41) is 9.89. The van der Waals surface area contributed by atoms with E-state index >= 15 is 0 Å². The Balaban J connectivity index is 2.03. The Bertz CT molecular complexity index is 584. The molecule has 5 nitrogen and oxygen atoms in total. The Morgan fingerprint density at radius 2 is 2.21 bits per heavy atom. The highest BCUT2D eigenvalue weighted by Gasteiger charge is 2.05. The van der Waals surface area contributed by atoms with Gasteiger partial charge in [-0.1, -0.05) is 23.4 Å². The van der Waals surface area contributed by atoms with Crippen molar-refractivity contribution in [1.82, 2.24) is 15.0 Å². The molecular weight excluding hydrogens is 286 g/mol. The summed E-state index contributed by atoms with van der Waals surface area (Å²) in [5.41, 5.74) is 0.976. The summed E-state index contributed by atoms with van der Waals surface area (Å²) in [6, 6.07) is 4.86. The standard InChI is InChI=1S/C12H10ClN3O2S/c1-7-4-9(13)16-10(15-7)6-19-11-3-2-8(5-14-11)12(17)18/h2-5H,6H2,1H3,(H,17,18). The summed E-state index contributed by atoms with van der Waals surface area (Å²) >= 11 is 7.27. The monoisotopic (exact) mass is 295 g/mol. The number of carboxylic acids is 1. The summed E-state index contributed by atoms with van der Waals surface area (Å²) in [6.45, 7) is 1.85. The third-order valence-electron chi connectivity index (χ3n) is 2.20. The SMILES string of the molecule is Cc1cc(Cl)nc(CSc2ccc(C(=O)O)cn2)n1. The molecule has 0 fully saturated rings. The molecule has 0 bridgehead atoms. The number of thioether (sulfide) groups is 1. The first-order valence-corrected chi connectivity index (χ1v) is 6.73. The summed E-state index contributed by atoms with van der Waals surface area (Å²) < 4.78 is 0. The Labute approximate surface area is 119 Å². The van der Waals surface area contributed by atoms with Crippen LogP contribution in [-0.4, -0.2) is 26.0 Å². The van der Waals surface area contributed by atoms with Crippen LogP contribution in [0, 0.1) is 6.92 Å². The third kappa shape index (κ3) is 3.90. The van der Waals surface area contributed by atoms with E-state index in [1.165, 1.54) is 24.0 Å². The van der Waals surface area contributed by atoms with E-state index in [2.05, 4.69) is 15.0 Å². The maximum atomic E-state index is 10.7. The van der Waals surface area contributed by atoms with Crippen molar-refractivity contribution >= 4 is 29.3 Å². The number of aryl methyl sites for hydroxylation is 1. The maximum Gasteiger partial charge on any atom is 0.337 e. The Morgan fingerprint density at radius 3 is 2.79 bits per heavy atom. The normalized spacial score (nSPS) is 10.4. The first-order valence-electron chi connectivity index (χ1n) is 5.37. The number of carboxylic acid groups (broad SMARTS) is 1. The quantitative estimate of drug-likeness (QED) is 0.690. The molecular formula is C12H10ClN3O2S. The van der Waals surface area contributed by atoms with Crippen LogP contribution in [0.1, 0.15) is 21.9 Å². The van der Waals surface area contributed by atoms with Gasteiger partial charge >= 0.3 is 5.97 Å². The number of nitrogens with zero attached hydrogens (tertiary/aromatic N) is 3. The second kappa shape index (κ2) is 5.99. The van der Waals surface area contributed by atoms with Gasteiger partial charge in [-0.25, -0.2) is 19.7 Å². The van der Waals surface area contributed by atoms with Gasteiger partial charge in [-0.3, -0.25) is 0 Å². The number of pyridine rings is 1. The minimum absolute atomic E-state index is 0.166. The molecule has 0 aliphatic heterocycles. The van der Waals surface area contributed by atoms with Crippen LogP contribution in [0.3, 0.4) is 0 Å². The molecule has 0 radical (unpaired) electrons. The number of hydrogen-bond donors (Lipinski definition) is 1. The van der Waals surface area contributed by atoms with Crippen molar-refractivity contribution in [3.05, 3.63) is 46.6 Å². The van der Waals surface area contributed by atoms with E-state index in [9.17, 15) is 4.79 Å². The minimum atomic E-state index is -0.988. The Hall–Kier alpha value is -1.66. The zero-order chi connectivity index (χ0) is 13.8. The first-order chi connectivity index (χ1) is 9.04. The highest BCUT2D eigenvalue weighted by Crippen LogP contribution is 2.20. The molecule has 2 heterocycles. The molecule has 0 saturated carbocycles. The number of hydrogen-bond acceptors (Lipinski definition) is 5. The number of rotatable bonds is 4. The van der Waals surface area contributed by atoms with Crippen LogP contribution in [0.15, 0.2) is 29.4 Å². The average molecular weight is 296 g/mol. The smallest absolute Gasteiger partial charge is 0.337 e. The second-order valence-corrected chi connectivity index (χ2v) is 5.11. The van der Waals surface area contributed by atoms with E-state index in [1.807, 2.05) is 6.92 Å². The van der Waals surface area contributed by atoms with E-state index in [-0.39, 0.29) is 5.56 Å². The van der Waals surface area contributed by atoms with Crippen LogP contribution in [-0.2, 0) is 5.75 Å². The van der Waals surface area contributed by atoms with Gasteiger partial charge in [-0.05, 0) is 25.1 Å². The lowest BCUT2D eigenvalue weighted by Gasteiger charge is -2.02. The lowest BCUT2D eigenvalue weighted by molar-refractivity contribution is 0.0696. The largest absolute Gasteiger partial charge is 0.478 e. The number of aromatic nitrogens is 3. The first kappa shape index (κ1) is 13.8. The van der Waals surface area contributed by atoms with Crippen molar-refractivity contribution < 1.29 is 9.90 Å². The topological polar surface area (TPSA) is 76.0 Å². The zero-order valence-corrected chi connectivity index (χ0v) is 11.6. The molecule has 0 amide bonds. The fourth-order valence-electron chi connectivity index (χ4n) is 1.38. The van der Waals surface area contributed by atoms with Gasteiger partial charge in [0.05, 0.1) is 16.3 Å². The predicted octanol–water partition coefficient (Wildman–Crippen LogP) is 2.82. The number of aromatic carboxylic acids is 1. The zero-order valence-electron chi connectivity index (χ0n) is 10.00. The van der Waals surface area contributed by atoms with Gasteiger partial charge in [0.1, 0.15) is 11.0 Å². The molecule has 7 heteroatoms. The van der Waals surface area contributed by atoms with Crippen LogP contribution < -0.4 is 0 Å². The van der Waals surface area contributed by atoms with Crippen LogP contribution in [0.2, 0.25) is 5.15 Å². The summed E-state index contributed by atoms with van der Waals surface area (Å²) in [7, 11) is 0. The van der Waals surface area contributed by atoms with Gasteiger partial charge in [0.25, 0.3) is 0 Å². The molecule has 0 aliphatic rings. The molecule has 0 aromatic carbocycles. The fraction of sp³-hybridized carbons (Fsp3) is 0.167. The van der Waals surface area contributed by atoms with Crippen LogP contribution in [0.25, 0.3) is 0 Å². The van der Waals surface area contributed by atoms with Crippen LogP contribution in [0.5, 0.6) is 0 Å². The molecule has 2 aromatic rings. The predicted molar refractivity (Wildman–Crippen MR) is 72.5 cm³/mol. The van der Waals surface area contributed by atoms with Crippen molar-refractivity contribution in [2.75, 3.05) is 0 Å². The molecule has 2 rings (SSSR count). The summed E-state index contributed by atoms with van der Waals surface area (Å²) in [6.07, 6.45) is 1.33.